The van der Waals surface area contributed by atoms with E-state index in [4.69, 9.17) is 9.47 Å². The van der Waals surface area contributed by atoms with E-state index in [1.165, 1.54) is 0 Å². The fraction of sp³-hybridized carbons (Fsp3) is 0.583. The van der Waals surface area contributed by atoms with Crippen molar-refractivity contribution in [2.24, 2.45) is 11.8 Å². The van der Waals surface area contributed by atoms with Crippen LogP contribution in [-0.2, 0) is 20.7 Å². The van der Waals surface area contributed by atoms with Crippen molar-refractivity contribution in [1.82, 2.24) is 20.9 Å². The average Bonchev–Trinajstić information content (AvgIpc) is 3.55. The Hall–Kier alpha value is -3.43. The topological polar surface area (TPSA) is 109 Å². The number of rotatable bonds is 13. The van der Waals surface area contributed by atoms with Gasteiger partial charge in [0.2, 0.25) is 11.8 Å². The molecule has 45 heavy (non-hydrogen) atoms. The van der Waals surface area contributed by atoms with Crippen LogP contribution in [0.5, 0.6) is 5.75 Å². The highest BCUT2D eigenvalue weighted by molar-refractivity contribution is 6.00. The minimum absolute atomic E-state index is 0.178. The van der Waals surface area contributed by atoms with Crippen LogP contribution in [0.3, 0.4) is 0 Å². The Bertz CT molecular complexity index is 1230. The maximum Gasteiger partial charge on any atom is 0.252 e. The summed E-state index contributed by atoms with van der Waals surface area (Å²) in [5.41, 5.74) is 0.385. The minimum Gasteiger partial charge on any atom is -0.494 e. The summed E-state index contributed by atoms with van der Waals surface area (Å²) in [4.78, 5) is 43.4. The van der Waals surface area contributed by atoms with Crippen molar-refractivity contribution in [2.75, 3.05) is 46.0 Å². The normalized spacial score (nSPS) is 19.8. The van der Waals surface area contributed by atoms with Crippen LogP contribution in [0.1, 0.15) is 74.2 Å². The van der Waals surface area contributed by atoms with Gasteiger partial charge in [0.25, 0.3) is 5.91 Å². The molecule has 2 aliphatic heterocycles. The molecule has 3 N–H and O–H groups in total. The fourth-order valence-corrected chi connectivity index (χ4v) is 6.94. The van der Waals surface area contributed by atoms with Crippen LogP contribution in [-0.4, -0.2) is 80.2 Å². The maximum absolute atomic E-state index is 13.9. The Labute approximate surface area is 267 Å². The van der Waals surface area contributed by atoms with Crippen LogP contribution < -0.4 is 20.7 Å². The van der Waals surface area contributed by atoms with E-state index >= 15 is 0 Å². The molecule has 1 atom stereocenters. The van der Waals surface area contributed by atoms with Gasteiger partial charge in [-0.25, -0.2) is 0 Å². The molecule has 0 spiro atoms. The van der Waals surface area contributed by atoms with E-state index < -0.39 is 11.6 Å². The smallest absolute Gasteiger partial charge is 0.252 e. The van der Waals surface area contributed by atoms with E-state index in [0.29, 0.717) is 49.6 Å². The zero-order chi connectivity index (χ0) is 31.5. The monoisotopic (exact) mass is 618 g/mol. The number of benzene rings is 2. The van der Waals surface area contributed by atoms with E-state index in [0.717, 1.165) is 82.9 Å². The Balaban J connectivity index is 1.19. The fourth-order valence-electron chi connectivity index (χ4n) is 6.94. The second-order valence-corrected chi connectivity index (χ2v) is 13.0. The van der Waals surface area contributed by atoms with Crippen molar-refractivity contribution < 1.29 is 23.9 Å². The third kappa shape index (κ3) is 9.30. The van der Waals surface area contributed by atoms with Crippen LogP contribution >= 0.6 is 0 Å². The zero-order valence-corrected chi connectivity index (χ0v) is 26.7. The summed E-state index contributed by atoms with van der Waals surface area (Å²) >= 11 is 0. The zero-order valence-electron chi connectivity index (χ0n) is 26.7. The van der Waals surface area contributed by atoms with Gasteiger partial charge in [0, 0.05) is 38.3 Å². The Morgan fingerprint density at radius 2 is 1.62 bits per heavy atom. The van der Waals surface area contributed by atoms with Gasteiger partial charge in [-0.1, -0.05) is 43.2 Å². The third-order valence-corrected chi connectivity index (χ3v) is 9.71. The van der Waals surface area contributed by atoms with Crippen LogP contribution in [0, 0.1) is 11.8 Å². The first-order valence-corrected chi connectivity index (χ1v) is 16.9. The highest BCUT2D eigenvalue weighted by atomic mass is 16.5. The first-order chi connectivity index (χ1) is 21.9. The predicted octanol–water partition coefficient (Wildman–Crippen LogP) is 4.11. The van der Waals surface area contributed by atoms with Crippen molar-refractivity contribution in [2.45, 2.75) is 76.3 Å². The first kappa shape index (κ1) is 32.9. The van der Waals surface area contributed by atoms with Crippen LogP contribution in [0.15, 0.2) is 54.6 Å². The number of piperidine rings is 1. The summed E-state index contributed by atoms with van der Waals surface area (Å²) in [5, 5.41) is 9.29. The van der Waals surface area contributed by atoms with Crippen LogP contribution in [0.2, 0.25) is 0 Å². The molecule has 9 nitrogen and oxygen atoms in total. The molecular weight excluding hydrogens is 568 g/mol. The molecule has 0 unspecified atom stereocenters. The van der Waals surface area contributed by atoms with Gasteiger partial charge < -0.3 is 30.3 Å². The molecule has 3 aliphatic rings. The maximum atomic E-state index is 13.9. The summed E-state index contributed by atoms with van der Waals surface area (Å²) in [7, 11) is 0. The molecule has 1 saturated carbocycles. The molecule has 3 amide bonds. The van der Waals surface area contributed by atoms with Gasteiger partial charge in [0.1, 0.15) is 17.3 Å². The summed E-state index contributed by atoms with van der Waals surface area (Å²) < 4.78 is 11.0. The highest BCUT2D eigenvalue weighted by Gasteiger charge is 2.44. The Kier molecular flexibility index (Phi) is 11.9. The predicted molar refractivity (Wildman–Crippen MR) is 174 cm³/mol. The van der Waals surface area contributed by atoms with Gasteiger partial charge in [-0.05, 0) is 100 Å². The summed E-state index contributed by atoms with van der Waals surface area (Å²) in [6.45, 7) is 8.07. The number of amides is 3. The number of hydrogen-bond donors (Lipinski definition) is 3. The number of ether oxygens (including phenoxy) is 2. The molecule has 244 valence electrons. The van der Waals surface area contributed by atoms with Crippen molar-refractivity contribution in [3.63, 3.8) is 0 Å². The number of likely N-dealkylation sites (tertiary alicyclic amines) is 1. The minimum atomic E-state index is -1.05. The second-order valence-electron chi connectivity index (χ2n) is 13.0. The molecule has 2 aromatic carbocycles. The van der Waals surface area contributed by atoms with E-state index in [1.54, 1.807) is 24.3 Å². The van der Waals surface area contributed by atoms with Crippen molar-refractivity contribution in [3.8, 4) is 5.75 Å². The van der Waals surface area contributed by atoms with E-state index in [9.17, 15) is 14.4 Å². The molecule has 0 bridgehead atoms. The van der Waals surface area contributed by atoms with E-state index in [-0.39, 0.29) is 17.7 Å². The molecule has 2 aromatic rings. The van der Waals surface area contributed by atoms with Crippen LogP contribution in [0.25, 0.3) is 0 Å². The van der Waals surface area contributed by atoms with Crippen molar-refractivity contribution in [3.05, 3.63) is 65.7 Å². The molecule has 5 rings (SSSR count). The van der Waals surface area contributed by atoms with Gasteiger partial charge in [0.05, 0.1) is 6.61 Å². The molecule has 2 saturated heterocycles. The molecule has 2 heterocycles. The number of nitrogens with zero attached hydrogens (tertiary/aromatic N) is 1. The van der Waals surface area contributed by atoms with Crippen molar-refractivity contribution in [1.29, 1.82) is 0 Å². The lowest BCUT2D eigenvalue weighted by atomic mass is 9.93. The van der Waals surface area contributed by atoms with Crippen LogP contribution in [0.4, 0.5) is 0 Å². The number of carbonyl (C=O) groups is 3. The molecule has 3 fully saturated rings. The summed E-state index contributed by atoms with van der Waals surface area (Å²) in [6, 6.07) is 16.0. The largest absolute Gasteiger partial charge is 0.494 e. The lowest BCUT2D eigenvalue weighted by Gasteiger charge is -2.35. The standard InChI is InChI=1S/C36H50N4O5/c1-2-45-31-12-10-30(11-13-31)33(41)39-36(18-6-7-19-36)35(43)38-32(24-27-8-4-3-5-9-27)34(42)37-25-28-14-20-40(21-15-28)26-29-16-22-44-23-17-29/h3-5,8-13,28-29,32H,2,6-7,14-26H2,1H3,(H,37,42)(H,38,43)(H,39,41)/t32-/m1/s1. The van der Waals surface area contributed by atoms with Gasteiger partial charge >= 0.3 is 0 Å². The summed E-state index contributed by atoms with van der Waals surface area (Å²) in [5.74, 6) is 1.06. The highest BCUT2D eigenvalue weighted by Crippen LogP contribution is 2.31. The Morgan fingerprint density at radius 3 is 2.29 bits per heavy atom. The van der Waals surface area contributed by atoms with E-state index in [1.807, 2.05) is 37.3 Å². The van der Waals surface area contributed by atoms with Gasteiger partial charge in [-0.2, -0.15) is 0 Å². The Morgan fingerprint density at radius 1 is 0.933 bits per heavy atom. The number of carbonyl (C=O) groups excluding carboxylic acids is 3. The van der Waals surface area contributed by atoms with Gasteiger partial charge in [-0.15, -0.1) is 0 Å². The SMILES string of the molecule is CCOc1ccc(C(=O)NC2(C(=O)N[C@H](Cc3ccccc3)C(=O)NCC3CCN(CC4CCOCC4)CC3)CCCC2)cc1. The lowest BCUT2D eigenvalue weighted by Crippen LogP contribution is -2.61. The quantitative estimate of drug-likeness (QED) is 0.312. The molecule has 0 aromatic heterocycles. The lowest BCUT2D eigenvalue weighted by molar-refractivity contribution is -0.132. The van der Waals surface area contributed by atoms with Gasteiger partial charge in [-0.3, -0.25) is 14.4 Å². The molecule has 0 radical (unpaired) electrons. The second kappa shape index (κ2) is 16.2. The van der Waals surface area contributed by atoms with Crippen molar-refractivity contribution >= 4 is 17.7 Å². The third-order valence-electron chi connectivity index (χ3n) is 9.71. The summed E-state index contributed by atoms with van der Waals surface area (Å²) in [6.07, 6.45) is 7.53. The molecule has 9 heteroatoms. The van der Waals surface area contributed by atoms with E-state index in [2.05, 4.69) is 20.9 Å². The first-order valence-electron chi connectivity index (χ1n) is 16.9. The molecular formula is C36H50N4O5. The average molecular weight is 619 g/mol. The van der Waals surface area contributed by atoms with Gasteiger partial charge in [0.15, 0.2) is 0 Å². The number of hydrogen-bond acceptors (Lipinski definition) is 6. The number of nitrogens with one attached hydrogen (secondary N) is 3. The molecule has 1 aliphatic carbocycles.